The Hall–Kier alpha value is -3.86. The van der Waals surface area contributed by atoms with Crippen molar-refractivity contribution >= 4 is 23.0 Å². The number of likely N-dealkylation sites (tertiary alicyclic amines) is 1. The van der Waals surface area contributed by atoms with Crippen molar-refractivity contribution in [3.8, 4) is 17.2 Å². The second kappa shape index (κ2) is 9.55. The van der Waals surface area contributed by atoms with Crippen molar-refractivity contribution in [2.75, 3.05) is 0 Å². The molecular weight excluding hydrogens is 466 g/mol. The van der Waals surface area contributed by atoms with Crippen LogP contribution in [0.1, 0.15) is 45.6 Å². The van der Waals surface area contributed by atoms with E-state index in [4.69, 9.17) is 4.74 Å². The molecular formula is C29H33N5O3. The molecule has 4 unspecified atom stereocenters. The van der Waals surface area contributed by atoms with Gasteiger partial charge < -0.3 is 14.6 Å². The van der Waals surface area contributed by atoms with Crippen LogP contribution in [-0.2, 0) is 23.0 Å². The van der Waals surface area contributed by atoms with Gasteiger partial charge in [-0.05, 0) is 74.8 Å². The Bertz CT molecular complexity index is 1360. The van der Waals surface area contributed by atoms with Crippen molar-refractivity contribution in [2.24, 2.45) is 13.0 Å². The van der Waals surface area contributed by atoms with Crippen molar-refractivity contribution in [1.29, 1.82) is 5.26 Å². The normalized spacial score (nSPS) is 21.6. The molecule has 2 bridgehead atoms. The first kappa shape index (κ1) is 24.8. The molecule has 2 amide bonds. The van der Waals surface area contributed by atoms with E-state index in [1.165, 1.54) is 0 Å². The summed E-state index contributed by atoms with van der Waals surface area (Å²) in [6.45, 7) is 5.46. The number of hydrogen-bond donors (Lipinski definition) is 1. The molecule has 2 heterocycles. The van der Waals surface area contributed by atoms with Crippen molar-refractivity contribution in [3.63, 3.8) is 0 Å². The summed E-state index contributed by atoms with van der Waals surface area (Å²) >= 11 is 0. The van der Waals surface area contributed by atoms with Gasteiger partial charge in [0.15, 0.2) is 0 Å². The lowest BCUT2D eigenvalue weighted by atomic mass is 9.97. The van der Waals surface area contributed by atoms with Gasteiger partial charge in [0.25, 0.3) is 0 Å². The summed E-state index contributed by atoms with van der Waals surface area (Å²) < 4.78 is 7.58. The molecule has 37 heavy (non-hydrogen) atoms. The molecule has 1 saturated carbocycles. The van der Waals surface area contributed by atoms with E-state index in [9.17, 15) is 14.9 Å². The minimum Gasteiger partial charge on any atom is -0.444 e. The predicted molar refractivity (Wildman–Crippen MR) is 140 cm³/mol. The van der Waals surface area contributed by atoms with Gasteiger partial charge in [-0.15, -0.1) is 0 Å². The molecule has 2 aromatic carbocycles. The molecule has 2 fully saturated rings. The Morgan fingerprint density at radius 3 is 2.59 bits per heavy atom. The SMILES string of the molecule is Cn1cnc2cc(-c3ccc(CC(C#N)NC(=O)C4C5CCC(C5)N4C(=O)OC(C)(C)C)cc3)ccc21. The number of benzene rings is 2. The molecule has 2 aliphatic rings. The summed E-state index contributed by atoms with van der Waals surface area (Å²) in [6.07, 6.45) is 4.33. The van der Waals surface area contributed by atoms with Crippen molar-refractivity contribution < 1.29 is 14.3 Å². The molecule has 1 aliphatic carbocycles. The third-order valence-electron chi connectivity index (χ3n) is 7.38. The minimum atomic E-state index is -0.692. The first-order valence-electron chi connectivity index (χ1n) is 12.8. The second-order valence-electron chi connectivity index (χ2n) is 11.2. The van der Waals surface area contributed by atoms with Gasteiger partial charge in [0, 0.05) is 19.5 Å². The monoisotopic (exact) mass is 499 g/mol. The molecule has 8 heteroatoms. The zero-order chi connectivity index (χ0) is 26.3. The average Bonchev–Trinajstić information content (AvgIpc) is 3.57. The van der Waals surface area contributed by atoms with Crippen LogP contribution in [0.25, 0.3) is 22.2 Å². The van der Waals surface area contributed by atoms with Crippen molar-refractivity contribution in [3.05, 3.63) is 54.4 Å². The maximum Gasteiger partial charge on any atom is 0.411 e. The maximum absolute atomic E-state index is 13.3. The molecule has 3 aromatic rings. The van der Waals surface area contributed by atoms with Crippen molar-refractivity contribution in [2.45, 2.75) is 70.2 Å². The Morgan fingerprint density at radius 2 is 1.89 bits per heavy atom. The van der Waals surface area contributed by atoms with Gasteiger partial charge >= 0.3 is 6.09 Å². The highest BCUT2D eigenvalue weighted by Crippen LogP contribution is 2.43. The predicted octanol–water partition coefficient (Wildman–Crippen LogP) is 4.58. The standard InChI is InChI=1S/C29H33N5O3/c1-29(2,3)37-28(36)34-23-11-9-21(14-23)26(34)27(35)32-22(16-30)13-18-5-7-19(8-6-18)20-10-12-25-24(15-20)31-17-33(25)4/h5-8,10,12,15,17,21-23,26H,9,11,13-14H2,1-4H3,(H,32,35). The van der Waals surface area contributed by atoms with Crippen LogP contribution in [0.5, 0.6) is 0 Å². The number of ether oxygens (including phenoxy) is 1. The molecule has 5 rings (SSSR count). The molecule has 0 spiro atoms. The fourth-order valence-corrected chi connectivity index (χ4v) is 5.67. The van der Waals surface area contributed by atoms with E-state index in [0.29, 0.717) is 6.42 Å². The largest absolute Gasteiger partial charge is 0.444 e. The number of amides is 2. The van der Waals surface area contributed by atoms with Crippen LogP contribution in [0.4, 0.5) is 4.79 Å². The summed E-state index contributed by atoms with van der Waals surface area (Å²) in [6, 6.07) is 15.2. The molecule has 192 valence electrons. The molecule has 0 radical (unpaired) electrons. The van der Waals surface area contributed by atoms with Crippen LogP contribution in [0, 0.1) is 17.2 Å². The highest BCUT2D eigenvalue weighted by Gasteiger charge is 2.52. The lowest BCUT2D eigenvalue weighted by Crippen LogP contribution is -2.55. The smallest absolute Gasteiger partial charge is 0.411 e. The van der Waals surface area contributed by atoms with E-state index >= 15 is 0 Å². The van der Waals surface area contributed by atoms with Gasteiger partial charge in [0.1, 0.15) is 17.7 Å². The van der Waals surface area contributed by atoms with E-state index < -0.39 is 23.8 Å². The Kier molecular flexibility index (Phi) is 6.40. The fraction of sp³-hybridized carbons (Fsp3) is 0.448. The van der Waals surface area contributed by atoms with Crippen LogP contribution in [0.3, 0.4) is 0 Å². The van der Waals surface area contributed by atoms with Crippen molar-refractivity contribution in [1.82, 2.24) is 19.8 Å². The van der Waals surface area contributed by atoms with Crippen LogP contribution in [0.2, 0.25) is 0 Å². The number of nitrogens with zero attached hydrogens (tertiary/aromatic N) is 4. The Balaban J connectivity index is 1.25. The quantitative estimate of drug-likeness (QED) is 0.554. The first-order valence-corrected chi connectivity index (χ1v) is 12.8. The first-order chi connectivity index (χ1) is 17.6. The second-order valence-corrected chi connectivity index (χ2v) is 11.2. The zero-order valence-electron chi connectivity index (χ0n) is 21.8. The van der Waals surface area contributed by atoms with Gasteiger partial charge in [0.2, 0.25) is 5.91 Å². The summed E-state index contributed by atoms with van der Waals surface area (Å²) in [5.74, 6) is -0.169. The minimum absolute atomic E-state index is 0.0222. The van der Waals surface area contributed by atoms with Gasteiger partial charge in [-0.25, -0.2) is 9.78 Å². The zero-order valence-corrected chi connectivity index (χ0v) is 21.8. The molecule has 1 aliphatic heterocycles. The van der Waals surface area contributed by atoms with E-state index in [1.54, 1.807) is 11.2 Å². The number of rotatable bonds is 5. The van der Waals surface area contributed by atoms with Gasteiger partial charge in [-0.2, -0.15) is 5.26 Å². The van der Waals surface area contributed by atoms with E-state index in [0.717, 1.165) is 47.0 Å². The molecule has 8 nitrogen and oxygen atoms in total. The van der Waals surface area contributed by atoms with Crippen LogP contribution >= 0.6 is 0 Å². The van der Waals surface area contributed by atoms with Gasteiger partial charge in [-0.1, -0.05) is 30.3 Å². The lowest BCUT2D eigenvalue weighted by Gasteiger charge is -2.35. The summed E-state index contributed by atoms with van der Waals surface area (Å²) in [5.41, 5.74) is 4.47. The number of nitriles is 1. The van der Waals surface area contributed by atoms with E-state index in [2.05, 4.69) is 34.6 Å². The van der Waals surface area contributed by atoms with Gasteiger partial charge in [-0.3, -0.25) is 9.69 Å². The van der Waals surface area contributed by atoms with E-state index in [-0.39, 0.29) is 17.9 Å². The highest BCUT2D eigenvalue weighted by molar-refractivity contribution is 5.87. The van der Waals surface area contributed by atoms with E-state index in [1.807, 2.05) is 56.7 Å². The number of carbonyl (C=O) groups is 2. The lowest BCUT2D eigenvalue weighted by molar-refractivity contribution is -0.128. The number of nitrogens with one attached hydrogen (secondary N) is 1. The van der Waals surface area contributed by atoms with Crippen LogP contribution in [-0.4, -0.2) is 50.2 Å². The number of fused-ring (bicyclic) bond motifs is 3. The van der Waals surface area contributed by atoms with Crippen LogP contribution in [0.15, 0.2) is 48.8 Å². The number of piperidine rings is 1. The summed E-state index contributed by atoms with van der Waals surface area (Å²) in [7, 11) is 1.97. The third kappa shape index (κ3) is 5.04. The number of aromatic nitrogens is 2. The van der Waals surface area contributed by atoms with Crippen LogP contribution < -0.4 is 5.32 Å². The topological polar surface area (TPSA) is 100 Å². The summed E-state index contributed by atoms with van der Waals surface area (Å²) in [5, 5.41) is 12.7. The fourth-order valence-electron chi connectivity index (χ4n) is 5.67. The number of carbonyl (C=O) groups excluding carboxylic acids is 2. The highest BCUT2D eigenvalue weighted by atomic mass is 16.6. The Morgan fingerprint density at radius 1 is 1.16 bits per heavy atom. The molecule has 1 aromatic heterocycles. The maximum atomic E-state index is 13.3. The number of hydrogen-bond acceptors (Lipinski definition) is 5. The van der Waals surface area contributed by atoms with Gasteiger partial charge in [0.05, 0.1) is 23.4 Å². The average molecular weight is 500 g/mol. The summed E-state index contributed by atoms with van der Waals surface area (Å²) in [4.78, 5) is 32.2. The third-order valence-corrected chi connectivity index (χ3v) is 7.38. The molecule has 1 saturated heterocycles. The Labute approximate surface area is 217 Å². The number of aryl methyl sites for hydroxylation is 1. The molecule has 4 atom stereocenters. The molecule has 1 N–H and O–H groups in total. The number of imidazole rings is 1.